The van der Waals surface area contributed by atoms with Gasteiger partial charge in [-0.2, -0.15) is 0 Å². The minimum Gasteiger partial charge on any atom is -0.376 e. The molecule has 102 valence electrons. The highest BCUT2D eigenvalue weighted by atomic mass is 79.9. The van der Waals surface area contributed by atoms with Crippen LogP contribution in [0.15, 0.2) is 16.6 Å². The highest BCUT2D eigenvalue weighted by molar-refractivity contribution is 9.10. The summed E-state index contributed by atoms with van der Waals surface area (Å²) in [6.45, 7) is 2.27. The number of benzene rings is 1. The molecular formula is C12H13BrFN3O2. The Labute approximate surface area is 117 Å². The van der Waals surface area contributed by atoms with Crippen LogP contribution in [0.2, 0.25) is 0 Å². The van der Waals surface area contributed by atoms with Crippen molar-refractivity contribution in [1.82, 2.24) is 9.55 Å². The number of anilines is 1. The number of rotatable bonds is 2. The van der Waals surface area contributed by atoms with Crippen molar-refractivity contribution in [3.63, 3.8) is 0 Å². The third-order valence-electron chi connectivity index (χ3n) is 3.09. The summed E-state index contributed by atoms with van der Waals surface area (Å²) >= 11 is 3.17. The molecular weight excluding hydrogens is 317 g/mol. The number of hydrogen-bond donors (Lipinski definition) is 1. The van der Waals surface area contributed by atoms with Gasteiger partial charge in [0.15, 0.2) is 0 Å². The monoisotopic (exact) mass is 329 g/mol. The quantitative estimate of drug-likeness (QED) is 0.914. The Hall–Kier alpha value is -1.18. The van der Waals surface area contributed by atoms with Crippen LogP contribution in [0.1, 0.15) is 0 Å². The Morgan fingerprint density at radius 1 is 1.47 bits per heavy atom. The van der Waals surface area contributed by atoms with E-state index in [0.29, 0.717) is 42.3 Å². The summed E-state index contributed by atoms with van der Waals surface area (Å²) in [6, 6.07) is 3.04. The van der Waals surface area contributed by atoms with E-state index in [1.165, 1.54) is 6.07 Å². The third kappa shape index (κ3) is 2.45. The van der Waals surface area contributed by atoms with Crippen LogP contribution in [-0.4, -0.2) is 35.5 Å². The lowest BCUT2D eigenvalue weighted by atomic mass is 10.3. The second-order valence-electron chi connectivity index (χ2n) is 4.40. The first-order valence-electron chi connectivity index (χ1n) is 5.95. The van der Waals surface area contributed by atoms with Crippen LogP contribution < -0.4 is 5.73 Å². The van der Waals surface area contributed by atoms with E-state index in [1.54, 1.807) is 6.07 Å². The lowest BCUT2D eigenvalue weighted by Gasteiger charge is -2.23. The van der Waals surface area contributed by atoms with Crippen LogP contribution in [0.3, 0.4) is 0 Å². The molecule has 1 fully saturated rings. The van der Waals surface area contributed by atoms with E-state index in [9.17, 15) is 4.39 Å². The maximum absolute atomic E-state index is 13.5. The largest absolute Gasteiger partial charge is 0.376 e. The second-order valence-corrected chi connectivity index (χ2v) is 5.26. The van der Waals surface area contributed by atoms with Gasteiger partial charge in [0.2, 0.25) is 5.95 Å². The molecule has 1 aromatic heterocycles. The van der Waals surface area contributed by atoms with Gasteiger partial charge in [0.25, 0.3) is 0 Å². The minimum absolute atomic E-state index is 0.0581. The summed E-state index contributed by atoms with van der Waals surface area (Å²) in [5.74, 6) is -0.00364. The number of ether oxygens (including phenoxy) is 2. The zero-order valence-electron chi connectivity index (χ0n) is 10.1. The molecule has 7 heteroatoms. The van der Waals surface area contributed by atoms with Gasteiger partial charge in [-0.15, -0.1) is 0 Å². The molecule has 1 saturated heterocycles. The second kappa shape index (κ2) is 5.07. The maximum atomic E-state index is 13.5. The maximum Gasteiger partial charge on any atom is 0.201 e. The molecule has 0 saturated carbocycles. The first kappa shape index (κ1) is 12.8. The Kier molecular flexibility index (Phi) is 3.42. The Morgan fingerprint density at radius 2 is 2.32 bits per heavy atom. The standard InChI is InChI=1S/C12H13BrFN3O2/c13-8-3-11-10(4-9(8)14)16-12(15)17(11)5-7-6-18-1-2-19-7/h3-4,7H,1-2,5-6H2,(H2,15,16). The molecule has 0 radical (unpaired) electrons. The summed E-state index contributed by atoms with van der Waals surface area (Å²) in [4.78, 5) is 4.16. The van der Waals surface area contributed by atoms with Crippen LogP contribution in [0.25, 0.3) is 11.0 Å². The van der Waals surface area contributed by atoms with Crippen molar-refractivity contribution >= 4 is 32.9 Å². The number of hydrogen-bond acceptors (Lipinski definition) is 4. The number of nitrogens with zero attached hydrogens (tertiary/aromatic N) is 2. The van der Waals surface area contributed by atoms with Crippen molar-refractivity contribution in [3.05, 3.63) is 22.4 Å². The Bertz CT molecular complexity index is 611. The number of aromatic nitrogens is 2. The van der Waals surface area contributed by atoms with Crippen molar-refractivity contribution in [2.45, 2.75) is 12.6 Å². The van der Waals surface area contributed by atoms with Gasteiger partial charge in [0, 0.05) is 6.07 Å². The van der Waals surface area contributed by atoms with Gasteiger partial charge < -0.3 is 19.8 Å². The molecule has 2 aromatic rings. The van der Waals surface area contributed by atoms with Gasteiger partial charge >= 0.3 is 0 Å². The molecule has 1 unspecified atom stereocenters. The molecule has 1 aliphatic rings. The van der Waals surface area contributed by atoms with Crippen molar-refractivity contribution in [2.24, 2.45) is 0 Å². The molecule has 5 nitrogen and oxygen atoms in total. The highest BCUT2D eigenvalue weighted by Crippen LogP contribution is 2.25. The average Bonchev–Trinajstić information content (AvgIpc) is 2.68. The van der Waals surface area contributed by atoms with Gasteiger partial charge in [0.1, 0.15) is 5.82 Å². The van der Waals surface area contributed by atoms with E-state index >= 15 is 0 Å². The molecule has 1 aliphatic heterocycles. The topological polar surface area (TPSA) is 62.3 Å². The van der Waals surface area contributed by atoms with Crippen molar-refractivity contribution in [3.8, 4) is 0 Å². The van der Waals surface area contributed by atoms with E-state index < -0.39 is 0 Å². The Balaban J connectivity index is 1.97. The number of halogens is 2. The van der Waals surface area contributed by atoms with Crippen LogP contribution in [0, 0.1) is 5.82 Å². The molecule has 0 bridgehead atoms. The minimum atomic E-state index is -0.352. The highest BCUT2D eigenvalue weighted by Gasteiger charge is 2.19. The normalized spacial score (nSPS) is 20.0. The first-order valence-corrected chi connectivity index (χ1v) is 6.74. The van der Waals surface area contributed by atoms with E-state index in [-0.39, 0.29) is 11.9 Å². The van der Waals surface area contributed by atoms with E-state index in [2.05, 4.69) is 20.9 Å². The number of nitrogens with two attached hydrogens (primary N) is 1. The van der Waals surface area contributed by atoms with E-state index in [4.69, 9.17) is 15.2 Å². The fourth-order valence-corrected chi connectivity index (χ4v) is 2.51. The zero-order valence-corrected chi connectivity index (χ0v) is 11.7. The number of nitrogen functional groups attached to an aromatic ring is 1. The first-order chi connectivity index (χ1) is 9.15. The van der Waals surface area contributed by atoms with E-state index in [1.807, 2.05) is 4.57 Å². The number of imidazole rings is 1. The molecule has 2 N–H and O–H groups in total. The molecule has 0 aliphatic carbocycles. The van der Waals surface area contributed by atoms with Crippen LogP contribution in [0.5, 0.6) is 0 Å². The third-order valence-corrected chi connectivity index (χ3v) is 3.70. The average molecular weight is 330 g/mol. The van der Waals surface area contributed by atoms with Gasteiger partial charge in [-0.3, -0.25) is 0 Å². The van der Waals surface area contributed by atoms with Gasteiger partial charge in [-0.05, 0) is 22.0 Å². The summed E-state index contributed by atoms with van der Waals surface area (Å²) in [6.07, 6.45) is -0.0581. The van der Waals surface area contributed by atoms with Gasteiger partial charge in [-0.1, -0.05) is 0 Å². The molecule has 0 amide bonds. The fraction of sp³-hybridized carbons (Fsp3) is 0.417. The predicted octanol–water partition coefficient (Wildman–Crippen LogP) is 1.94. The van der Waals surface area contributed by atoms with Gasteiger partial charge in [-0.25, -0.2) is 9.37 Å². The van der Waals surface area contributed by atoms with Crippen molar-refractivity contribution in [1.29, 1.82) is 0 Å². The summed E-state index contributed by atoms with van der Waals surface area (Å²) in [5, 5.41) is 0. The van der Waals surface area contributed by atoms with E-state index in [0.717, 1.165) is 5.52 Å². The van der Waals surface area contributed by atoms with Gasteiger partial charge in [0.05, 0.1) is 48.0 Å². The Morgan fingerprint density at radius 3 is 3.05 bits per heavy atom. The molecule has 2 heterocycles. The summed E-state index contributed by atoms with van der Waals surface area (Å²) in [5.41, 5.74) is 7.20. The summed E-state index contributed by atoms with van der Waals surface area (Å²) < 4.78 is 26.6. The lowest BCUT2D eigenvalue weighted by Crippen LogP contribution is -2.32. The molecule has 1 aromatic carbocycles. The van der Waals surface area contributed by atoms with Crippen LogP contribution in [0.4, 0.5) is 10.3 Å². The van der Waals surface area contributed by atoms with Crippen LogP contribution in [-0.2, 0) is 16.0 Å². The predicted molar refractivity (Wildman–Crippen MR) is 72.4 cm³/mol. The molecule has 1 atom stereocenters. The molecule has 0 spiro atoms. The van der Waals surface area contributed by atoms with Crippen molar-refractivity contribution in [2.75, 3.05) is 25.6 Å². The lowest BCUT2D eigenvalue weighted by molar-refractivity contribution is -0.0930. The van der Waals surface area contributed by atoms with Crippen LogP contribution >= 0.6 is 15.9 Å². The fourth-order valence-electron chi connectivity index (χ4n) is 2.18. The number of fused-ring (bicyclic) bond motifs is 1. The zero-order chi connectivity index (χ0) is 13.4. The van der Waals surface area contributed by atoms with Crippen molar-refractivity contribution < 1.29 is 13.9 Å². The summed E-state index contributed by atoms with van der Waals surface area (Å²) in [7, 11) is 0. The molecule has 19 heavy (non-hydrogen) atoms. The smallest absolute Gasteiger partial charge is 0.201 e. The SMILES string of the molecule is Nc1nc2cc(F)c(Br)cc2n1CC1COCCO1. The molecule has 3 rings (SSSR count).